The van der Waals surface area contributed by atoms with E-state index in [0.717, 1.165) is 74.6 Å². The highest BCUT2D eigenvalue weighted by Gasteiger charge is 2.24. The Bertz CT molecular complexity index is 1750. The lowest BCUT2D eigenvalue weighted by atomic mass is 10.1. The van der Waals surface area contributed by atoms with E-state index >= 15 is 0 Å². The second-order valence-corrected chi connectivity index (χ2v) is 11.4. The van der Waals surface area contributed by atoms with Gasteiger partial charge in [0.05, 0.1) is 18.5 Å². The fraction of sp³-hybridized carbons (Fsp3) is 0.270. The molecule has 0 atom stereocenters. The maximum Gasteiger partial charge on any atom is 0.231 e. The molecule has 0 radical (unpaired) electrons. The minimum atomic E-state index is 0.143. The van der Waals surface area contributed by atoms with Crippen molar-refractivity contribution < 1.29 is 28.8 Å². The average Bonchev–Trinajstić information content (AvgIpc) is 3.84. The van der Waals surface area contributed by atoms with Gasteiger partial charge in [0.2, 0.25) is 13.6 Å². The van der Waals surface area contributed by atoms with Gasteiger partial charge in [-0.1, -0.05) is 54.6 Å². The molecule has 0 saturated carbocycles. The summed E-state index contributed by atoms with van der Waals surface area (Å²) in [6.07, 6.45) is 1.52. The SMILES string of the molecule is COc1cccc(-c2nc(-c3ccccc3)c(CN(Cc3ccc4c(c3)OCO4)Cc3ccc4c(c3)OCO4)n2CCCCO)c1. The Hall–Kier alpha value is -4.99. The van der Waals surface area contributed by atoms with Crippen LogP contribution < -0.4 is 23.7 Å². The summed E-state index contributed by atoms with van der Waals surface area (Å²) in [6, 6.07) is 30.7. The predicted molar refractivity (Wildman–Crippen MR) is 174 cm³/mol. The lowest BCUT2D eigenvalue weighted by Crippen LogP contribution is -2.24. The Morgan fingerprint density at radius 3 is 2.02 bits per heavy atom. The van der Waals surface area contributed by atoms with Gasteiger partial charge in [-0.05, 0) is 60.4 Å². The first kappa shape index (κ1) is 29.7. The largest absolute Gasteiger partial charge is 0.497 e. The molecule has 236 valence electrons. The van der Waals surface area contributed by atoms with E-state index in [1.807, 2.05) is 48.5 Å². The van der Waals surface area contributed by atoms with Gasteiger partial charge in [-0.25, -0.2) is 4.98 Å². The molecule has 0 spiro atoms. The van der Waals surface area contributed by atoms with Crippen molar-refractivity contribution in [2.24, 2.45) is 0 Å². The number of imidazole rings is 1. The summed E-state index contributed by atoms with van der Waals surface area (Å²) < 4.78 is 30.5. The van der Waals surface area contributed by atoms with Crippen molar-refractivity contribution in [1.29, 1.82) is 0 Å². The van der Waals surface area contributed by atoms with Gasteiger partial charge in [0.25, 0.3) is 0 Å². The van der Waals surface area contributed by atoms with Crippen LogP contribution in [0.1, 0.15) is 29.7 Å². The zero-order valence-corrected chi connectivity index (χ0v) is 25.9. The van der Waals surface area contributed by atoms with E-state index in [-0.39, 0.29) is 20.2 Å². The van der Waals surface area contributed by atoms with Gasteiger partial charge in [-0.15, -0.1) is 0 Å². The summed E-state index contributed by atoms with van der Waals surface area (Å²) in [6.45, 7) is 3.27. The van der Waals surface area contributed by atoms with Gasteiger partial charge in [0, 0.05) is 43.9 Å². The lowest BCUT2D eigenvalue weighted by molar-refractivity contribution is 0.173. The van der Waals surface area contributed by atoms with Crippen LogP contribution in [0.25, 0.3) is 22.6 Å². The molecular formula is C37H37N3O6. The number of unbranched alkanes of at least 4 members (excludes halogenated alkanes) is 1. The summed E-state index contributed by atoms with van der Waals surface area (Å²) in [5, 5.41) is 9.67. The van der Waals surface area contributed by atoms with Crippen LogP contribution in [0.5, 0.6) is 28.7 Å². The molecule has 5 aromatic rings. The van der Waals surface area contributed by atoms with Crippen molar-refractivity contribution in [3.8, 4) is 51.4 Å². The van der Waals surface area contributed by atoms with Crippen molar-refractivity contribution in [3.05, 3.63) is 108 Å². The third-order valence-electron chi connectivity index (χ3n) is 8.30. The molecule has 0 fully saturated rings. The minimum Gasteiger partial charge on any atom is -0.497 e. The van der Waals surface area contributed by atoms with Crippen molar-refractivity contribution in [2.75, 3.05) is 27.3 Å². The summed E-state index contributed by atoms with van der Waals surface area (Å²) in [5.74, 6) is 4.71. The lowest BCUT2D eigenvalue weighted by Gasteiger charge is -2.25. The Labute approximate surface area is 268 Å². The first-order valence-corrected chi connectivity index (χ1v) is 15.6. The zero-order valence-electron chi connectivity index (χ0n) is 25.9. The molecule has 3 heterocycles. The van der Waals surface area contributed by atoms with Gasteiger partial charge in [-0.2, -0.15) is 0 Å². The van der Waals surface area contributed by atoms with Crippen molar-refractivity contribution in [3.63, 3.8) is 0 Å². The highest BCUT2D eigenvalue weighted by Crippen LogP contribution is 2.37. The van der Waals surface area contributed by atoms with E-state index in [1.54, 1.807) is 7.11 Å². The van der Waals surface area contributed by atoms with Crippen molar-refractivity contribution in [1.82, 2.24) is 14.5 Å². The topological polar surface area (TPSA) is 87.4 Å². The highest BCUT2D eigenvalue weighted by molar-refractivity contribution is 5.69. The van der Waals surface area contributed by atoms with Crippen LogP contribution in [0, 0.1) is 0 Å². The van der Waals surface area contributed by atoms with Crippen molar-refractivity contribution in [2.45, 2.75) is 39.0 Å². The number of ether oxygens (including phenoxy) is 5. The molecule has 0 bridgehead atoms. The number of methoxy groups -OCH3 is 1. The first-order valence-electron chi connectivity index (χ1n) is 15.6. The Morgan fingerprint density at radius 1 is 0.717 bits per heavy atom. The first-order chi connectivity index (χ1) is 22.7. The summed E-state index contributed by atoms with van der Waals surface area (Å²) >= 11 is 0. The maximum absolute atomic E-state index is 9.67. The number of fused-ring (bicyclic) bond motifs is 2. The van der Waals surface area contributed by atoms with Gasteiger partial charge >= 0.3 is 0 Å². The Morgan fingerprint density at radius 2 is 1.37 bits per heavy atom. The molecule has 7 rings (SSSR count). The Balaban J connectivity index is 1.32. The second-order valence-electron chi connectivity index (χ2n) is 11.4. The second kappa shape index (κ2) is 13.6. The third-order valence-corrected chi connectivity index (χ3v) is 8.30. The molecule has 2 aliphatic rings. The predicted octanol–water partition coefficient (Wildman–Crippen LogP) is 6.66. The maximum atomic E-state index is 9.67. The number of aliphatic hydroxyl groups is 1. The minimum absolute atomic E-state index is 0.143. The number of aliphatic hydroxyl groups excluding tert-OH is 1. The number of aromatic nitrogens is 2. The van der Waals surface area contributed by atoms with Crippen LogP contribution in [-0.2, 0) is 26.2 Å². The fourth-order valence-electron chi connectivity index (χ4n) is 6.05. The monoisotopic (exact) mass is 619 g/mol. The summed E-state index contributed by atoms with van der Waals surface area (Å²) in [5.41, 5.74) is 6.29. The molecular weight excluding hydrogens is 582 g/mol. The Kier molecular flexibility index (Phi) is 8.76. The third kappa shape index (κ3) is 6.38. The molecule has 1 N–H and O–H groups in total. The van der Waals surface area contributed by atoms with Crippen LogP contribution in [-0.4, -0.2) is 46.9 Å². The van der Waals surface area contributed by atoms with E-state index in [4.69, 9.17) is 28.7 Å². The van der Waals surface area contributed by atoms with E-state index in [1.165, 1.54) is 0 Å². The van der Waals surface area contributed by atoms with Crippen LogP contribution in [0.15, 0.2) is 91.0 Å². The molecule has 1 aromatic heterocycles. The van der Waals surface area contributed by atoms with Crippen LogP contribution in [0.3, 0.4) is 0 Å². The van der Waals surface area contributed by atoms with Crippen LogP contribution in [0.4, 0.5) is 0 Å². The van der Waals surface area contributed by atoms with Gasteiger partial charge in [-0.3, -0.25) is 4.90 Å². The van der Waals surface area contributed by atoms with E-state index in [2.05, 4.69) is 51.9 Å². The van der Waals surface area contributed by atoms with E-state index < -0.39 is 0 Å². The molecule has 2 aliphatic heterocycles. The van der Waals surface area contributed by atoms with E-state index in [9.17, 15) is 5.11 Å². The average molecular weight is 620 g/mol. The number of rotatable bonds is 13. The molecule has 0 amide bonds. The number of hydrogen-bond donors (Lipinski definition) is 1. The smallest absolute Gasteiger partial charge is 0.231 e. The molecule has 0 unspecified atom stereocenters. The number of hydrogen-bond acceptors (Lipinski definition) is 8. The molecule has 0 saturated heterocycles. The number of nitrogens with zero attached hydrogens (tertiary/aromatic N) is 3. The van der Waals surface area contributed by atoms with Crippen LogP contribution in [0.2, 0.25) is 0 Å². The van der Waals surface area contributed by atoms with Crippen molar-refractivity contribution >= 4 is 0 Å². The quantitative estimate of drug-likeness (QED) is 0.147. The molecule has 9 nitrogen and oxygen atoms in total. The van der Waals surface area contributed by atoms with E-state index in [0.29, 0.717) is 32.6 Å². The molecule has 4 aromatic carbocycles. The fourth-order valence-corrected chi connectivity index (χ4v) is 6.05. The normalized spacial score (nSPS) is 13.0. The molecule has 0 aliphatic carbocycles. The summed E-state index contributed by atoms with van der Waals surface area (Å²) in [7, 11) is 1.68. The zero-order chi connectivity index (χ0) is 31.3. The highest BCUT2D eigenvalue weighted by atomic mass is 16.7. The van der Waals surface area contributed by atoms with Gasteiger partial charge in [0.15, 0.2) is 23.0 Å². The van der Waals surface area contributed by atoms with Gasteiger partial charge < -0.3 is 33.4 Å². The van der Waals surface area contributed by atoms with Crippen LogP contribution >= 0.6 is 0 Å². The van der Waals surface area contributed by atoms with Gasteiger partial charge in [0.1, 0.15) is 11.6 Å². The summed E-state index contributed by atoms with van der Waals surface area (Å²) in [4.78, 5) is 7.72. The molecule has 46 heavy (non-hydrogen) atoms. The number of benzene rings is 4. The molecule has 9 heteroatoms. The standard InChI is InChI=1S/C37H37N3O6/c1-42-30-11-7-10-29(20-30)37-38-36(28-8-3-2-4-9-28)31(40(37)16-5-6-17-41)23-39(21-26-12-14-32-34(18-26)45-24-43-32)22-27-13-15-33-35(19-27)46-25-44-33/h2-4,7-15,18-20,41H,5-6,16-17,21-25H2,1H3.